The van der Waals surface area contributed by atoms with Crippen molar-refractivity contribution in [2.24, 2.45) is 0 Å². The maximum Gasteiger partial charge on any atom is 0.291 e. The van der Waals surface area contributed by atoms with Crippen molar-refractivity contribution in [3.05, 3.63) is 81.1 Å². The molecule has 0 bridgehead atoms. The van der Waals surface area contributed by atoms with E-state index >= 15 is 0 Å². The quantitative estimate of drug-likeness (QED) is 0.449. The van der Waals surface area contributed by atoms with Gasteiger partial charge < -0.3 is 9.47 Å². The average molecular weight is 415 g/mol. The molecule has 0 fully saturated rings. The van der Waals surface area contributed by atoms with Crippen LogP contribution in [0.25, 0.3) is 33.2 Å². The Morgan fingerprint density at radius 2 is 1.77 bits per heavy atom. The predicted molar refractivity (Wildman–Crippen MR) is 118 cm³/mol. The molecule has 0 atom stereocenters. The molecule has 0 N–H and O–H groups in total. The van der Waals surface area contributed by atoms with E-state index in [1.165, 1.54) is 15.9 Å². The Labute approximate surface area is 175 Å². The van der Waals surface area contributed by atoms with Gasteiger partial charge in [-0.1, -0.05) is 53.8 Å². The van der Waals surface area contributed by atoms with Gasteiger partial charge in [0.1, 0.15) is 0 Å². The molecule has 0 unspecified atom stereocenters. The lowest BCUT2D eigenvalue weighted by molar-refractivity contribution is 0.355. The number of hydrogen-bond donors (Lipinski definition) is 0. The number of methoxy groups -OCH3 is 2. The Bertz CT molecular complexity index is 1500. The van der Waals surface area contributed by atoms with Crippen molar-refractivity contribution < 1.29 is 9.47 Å². The molecule has 0 aliphatic rings. The summed E-state index contributed by atoms with van der Waals surface area (Å²) in [5, 5.41) is 6.66. The third-order valence-corrected chi connectivity index (χ3v) is 5.89. The average Bonchev–Trinajstić information content (AvgIpc) is 3.33. The second-order valence-corrected chi connectivity index (χ2v) is 7.69. The Kier molecular flexibility index (Phi) is 4.44. The van der Waals surface area contributed by atoms with Crippen LogP contribution in [0.5, 0.6) is 11.5 Å². The van der Waals surface area contributed by atoms with Crippen LogP contribution in [-0.4, -0.2) is 28.8 Å². The van der Waals surface area contributed by atoms with Gasteiger partial charge in [0.25, 0.3) is 5.56 Å². The summed E-state index contributed by atoms with van der Waals surface area (Å²) in [6.07, 6.45) is 1.90. The third-order valence-electron chi connectivity index (χ3n) is 4.93. The van der Waals surface area contributed by atoms with Crippen molar-refractivity contribution in [1.29, 1.82) is 0 Å². The van der Waals surface area contributed by atoms with Gasteiger partial charge >= 0.3 is 0 Å². The lowest BCUT2D eigenvalue weighted by Crippen LogP contribution is -2.23. The molecule has 2 heterocycles. The van der Waals surface area contributed by atoms with E-state index in [4.69, 9.17) is 9.47 Å². The van der Waals surface area contributed by atoms with E-state index in [0.29, 0.717) is 26.8 Å². The van der Waals surface area contributed by atoms with Crippen LogP contribution in [0.1, 0.15) is 5.56 Å². The molecule has 0 aliphatic heterocycles. The lowest BCUT2D eigenvalue weighted by Gasteiger charge is -2.07. The van der Waals surface area contributed by atoms with Gasteiger partial charge in [-0.25, -0.2) is 0 Å². The number of ether oxygens (including phenoxy) is 2. The second kappa shape index (κ2) is 7.27. The minimum atomic E-state index is -0.179. The van der Waals surface area contributed by atoms with Crippen LogP contribution in [0.3, 0.4) is 0 Å². The van der Waals surface area contributed by atoms with E-state index in [1.807, 2.05) is 36.4 Å². The minimum Gasteiger partial charge on any atom is -0.493 e. The molecule has 3 aromatic carbocycles. The first-order valence-corrected chi connectivity index (χ1v) is 10.1. The summed E-state index contributed by atoms with van der Waals surface area (Å²) >= 11 is 1.33. The van der Waals surface area contributed by atoms with Crippen LogP contribution >= 0.6 is 11.3 Å². The van der Waals surface area contributed by atoms with Crippen LogP contribution in [0.15, 0.2) is 65.5 Å². The standard InChI is InChI=1S/C23H17N3O3S/c1-28-18-11-10-16(12-19(18)29-2)21-24-23-26(25-21)22(27)20(30-23)13-15-8-5-7-14-6-3-4-9-17(14)15/h3-13H,1-2H3/b20-13-. The summed E-state index contributed by atoms with van der Waals surface area (Å²) < 4.78 is 12.6. The normalized spacial score (nSPS) is 12.0. The van der Waals surface area contributed by atoms with Crippen LogP contribution in [0.2, 0.25) is 0 Å². The van der Waals surface area contributed by atoms with Gasteiger partial charge in [-0.15, -0.1) is 5.10 Å². The first kappa shape index (κ1) is 18.3. The number of nitrogens with zero attached hydrogens (tertiary/aromatic N) is 3. The topological polar surface area (TPSA) is 65.7 Å². The Hall–Kier alpha value is -3.71. The van der Waals surface area contributed by atoms with Crippen molar-refractivity contribution in [2.45, 2.75) is 0 Å². The fourth-order valence-electron chi connectivity index (χ4n) is 3.45. The van der Waals surface area contributed by atoms with Gasteiger partial charge in [0.15, 0.2) is 17.3 Å². The Morgan fingerprint density at radius 3 is 2.57 bits per heavy atom. The SMILES string of the molecule is COc1ccc(-c2nc3s/c(=C\c4cccc5ccccc45)c(=O)n3n2)cc1OC. The lowest BCUT2D eigenvalue weighted by atomic mass is 10.0. The van der Waals surface area contributed by atoms with E-state index in [1.54, 1.807) is 26.4 Å². The maximum absolute atomic E-state index is 12.9. The van der Waals surface area contributed by atoms with E-state index in [2.05, 4.69) is 28.3 Å². The van der Waals surface area contributed by atoms with Gasteiger partial charge in [0.05, 0.1) is 18.8 Å². The molecule has 0 radical (unpaired) electrons. The van der Waals surface area contributed by atoms with E-state index in [0.717, 1.165) is 21.9 Å². The van der Waals surface area contributed by atoms with Crippen molar-refractivity contribution in [3.8, 4) is 22.9 Å². The molecule has 0 saturated heterocycles. The molecule has 5 rings (SSSR count). The van der Waals surface area contributed by atoms with Crippen molar-refractivity contribution >= 4 is 33.1 Å². The number of rotatable bonds is 4. The van der Waals surface area contributed by atoms with Gasteiger partial charge in [-0.2, -0.15) is 9.50 Å². The van der Waals surface area contributed by atoms with Crippen molar-refractivity contribution in [2.75, 3.05) is 14.2 Å². The van der Waals surface area contributed by atoms with Crippen molar-refractivity contribution in [1.82, 2.24) is 14.6 Å². The molecule has 0 spiro atoms. The largest absolute Gasteiger partial charge is 0.493 e. The second-order valence-electron chi connectivity index (χ2n) is 6.68. The zero-order chi connectivity index (χ0) is 20.7. The molecule has 2 aromatic heterocycles. The van der Waals surface area contributed by atoms with Crippen LogP contribution in [-0.2, 0) is 0 Å². The number of aromatic nitrogens is 3. The highest BCUT2D eigenvalue weighted by molar-refractivity contribution is 7.15. The van der Waals surface area contributed by atoms with Crippen LogP contribution in [0.4, 0.5) is 0 Å². The van der Waals surface area contributed by atoms with Gasteiger partial charge in [-0.05, 0) is 40.6 Å². The molecule has 6 nitrogen and oxygen atoms in total. The molecular weight excluding hydrogens is 398 g/mol. The van der Waals surface area contributed by atoms with Gasteiger partial charge in [-0.3, -0.25) is 4.79 Å². The van der Waals surface area contributed by atoms with E-state index < -0.39 is 0 Å². The summed E-state index contributed by atoms with van der Waals surface area (Å²) in [7, 11) is 3.16. The molecule has 148 valence electrons. The van der Waals surface area contributed by atoms with Crippen molar-refractivity contribution in [3.63, 3.8) is 0 Å². The molecule has 30 heavy (non-hydrogen) atoms. The first-order chi connectivity index (χ1) is 14.7. The van der Waals surface area contributed by atoms with Gasteiger partial charge in [0.2, 0.25) is 4.96 Å². The maximum atomic E-state index is 12.9. The predicted octanol–water partition coefficient (Wildman–Crippen LogP) is 3.54. The molecule has 0 amide bonds. The fraction of sp³-hybridized carbons (Fsp3) is 0.0870. The van der Waals surface area contributed by atoms with Crippen LogP contribution < -0.4 is 19.6 Å². The summed E-state index contributed by atoms with van der Waals surface area (Å²) in [6.45, 7) is 0. The van der Waals surface area contributed by atoms with Gasteiger partial charge in [0, 0.05) is 5.56 Å². The summed E-state index contributed by atoms with van der Waals surface area (Å²) in [5.41, 5.74) is 1.57. The zero-order valence-corrected chi connectivity index (χ0v) is 17.1. The number of thiazole rings is 1. The fourth-order valence-corrected chi connectivity index (χ4v) is 4.35. The summed E-state index contributed by atoms with van der Waals surface area (Å²) in [6, 6.07) is 19.6. The summed E-state index contributed by atoms with van der Waals surface area (Å²) in [5.74, 6) is 1.68. The number of fused-ring (bicyclic) bond motifs is 2. The first-order valence-electron chi connectivity index (χ1n) is 9.29. The van der Waals surface area contributed by atoms with E-state index in [9.17, 15) is 4.79 Å². The monoisotopic (exact) mass is 415 g/mol. The molecule has 7 heteroatoms. The minimum absolute atomic E-state index is 0.179. The Balaban J connectivity index is 1.61. The molecular formula is C23H17N3O3S. The van der Waals surface area contributed by atoms with E-state index in [-0.39, 0.29) is 5.56 Å². The zero-order valence-electron chi connectivity index (χ0n) is 16.3. The highest BCUT2D eigenvalue weighted by Gasteiger charge is 2.14. The number of benzene rings is 3. The highest BCUT2D eigenvalue weighted by atomic mass is 32.1. The molecule has 0 aliphatic carbocycles. The highest BCUT2D eigenvalue weighted by Crippen LogP contribution is 2.31. The molecule has 0 saturated carbocycles. The number of hydrogen-bond acceptors (Lipinski definition) is 6. The van der Waals surface area contributed by atoms with Crippen LogP contribution in [0, 0.1) is 0 Å². The smallest absolute Gasteiger partial charge is 0.291 e. The molecule has 5 aromatic rings. The Morgan fingerprint density at radius 1 is 0.967 bits per heavy atom. The summed E-state index contributed by atoms with van der Waals surface area (Å²) in [4.78, 5) is 18.0. The third kappa shape index (κ3) is 3.00.